The van der Waals surface area contributed by atoms with Gasteiger partial charge in [0.05, 0.1) is 10.6 Å². The number of rotatable bonds is 2. The van der Waals surface area contributed by atoms with Crippen molar-refractivity contribution in [3.8, 4) is 6.07 Å². The molecular formula is C16H15N5O3S. The van der Waals surface area contributed by atoms with Gasteiger partial charge in [-0.2, -0.15) is 10.4 Å². The van der Waals surface area contributed by atoms with Crippen LogP contribution in [-0.4, -0.2) is 23.7 Å². The van der Waals surface area contributed by atoms with Gasteiger partial charge < -0.3 is 5.11 Å². The summed E-state index contributed by atoms with van der Waals surface area (Å²) in [5.41, 5.74) is 0.466. The summed E-state index contributed by atoms with van der Waals surface area (Å²) in [5, 5.41) is 33.1. The fraction of sp³-hybridized carbons (Fsp3) is 0.250. The fourth-order valence-corrected chi connectivity index (χ4v) is 3.93. The number of sulfone groups is 1. The van der Waals surface area contributed by atoms with Crippen molar-refractivity contribution in [2.24, 2.45) is 10.2 Å². The molecule has 0 amide bonds. The van der Waals surface area contributed by atoms with Crippen LogP contribution in [0.15, 0.2) is 44.4 Å². The van der Waals surface area contributed by atoms with Gasteiger partial charge in [0.1, 0.15) is 11.6 Å². The van der Waals surface area contributed by atoms with Crippen molar-refractivity contribution in [3.05, 3.63) is 46.1 Å². The minimum absolute atomic E-state index is 0.0260. The number of hydrogen-bond donors (Lipinski definition) is 2. The number of nitriles is 1. The van der Waals surface area contributed by atoms with Gasteiger partial charge in [-0.15, -0.1) is 10.2 Å². The molecule has 25 heavy (non-hydrogen) atoms. The number of H-pyrrole nitrogens is 1. The molecule has 0 radical (unpaired) electrons. The first-order valence-electron chi connectivity index (χ1n) is 7.36. The zero-order valence-corrected chi connectivity index (χ0v) is 14.6. The number of fused-ring (bicyclic) bond motifs is 1. The van der Waals surface area contributed by atoms with E-state index >= 15 is 0 Å². The van der Waals surface area contributed by atoms with E-state index in [9.17, 15) is 18.8 Å². The highest BCUT2D eigenvalue weighted by Gasteiger charge is 2.36. The van der Waals surface area contributed by atoms with Gasteiger partial charge in [-0.05, 0) is 12.1 Å². The zero-order valence-electron chi connectivity index (χ0n) is 13.8. The Morgan fingerprint density at radius 3 is 2.52 bits per heavy atom. The molecule has 1 aromatic heterocycles. The second-order valence-electron chi connectivity index (χ2n) is 6.51. The summed E-state index contributed by atoms with van der Waals surface area (Å²) in [6, 6.07) is 8.04. The number of aliphatic hydroxyl groups excluding tert-OH is 1. The van der Waals surface area contributed by atoms with Crippen LogP contribution >= 0.6 is 0 Å². The van der Waals surface area contributed by atoms with E-state index in [0.717, 1.165) is 0 Å². The smallest absolute Gasteiger partial charge is 0.230 e. The van der Waals surface area contributed by atoms with E-state index in [1.165, 1.54) is 12.1 Å². The lowest BCUT2D eigenvalue weighted by atomic mass is 9.90. The second-order valence-corrected chi connectivity index (χ2v) is 8.34. The molecule has 1 aromatic carbocycles. The lowest BCUT2D eigenvalue weighted by Gasteiger charge is -2.14. The van der Waals surface area contributed by atoms with Crippen LogP contribution in [0.1, 0.15) is 37.6 Å². The highest BCUT2D eigenvalue weighted by molar-refractivity contribution is 7.95. The van der Waals surface area contributed by atoms with E-state index < -0.39 is 26.0 Å². The predicted octanol–water partition coefficient (Wildman–Crippen LogP) is 3.33. The molecular weight excluding hydrogens is 342 g/mol. The topological polar surface area (TPSA) is 132 Å². The number of hydrogen-bond acceptors (Lipinski definition) is 7. The summed E-state index contributed by atoms with van der Waals surface area (Å²) in [7, 11) is -3.95. The van der Waals surface area contributed by atoms with Crippen LogP contribution in [-0.2, 0) is 15.3 Å². The Balaban J connectivity index is 2.07. The minimum Gasteiger partial charge on any atom is -0.504 e. The van der Waals surface area contributed by atoms with Crippen molar-refractivity contribution in [2.75, 3.05) is 0 Å². The Hall–Kier alpha value is -2.99. The molecule has 0 spiro atoms. The number of azo groups is 1. The van der Waals surface area contributed by atoms with Crippen LogP contribution in [0.25, 0.3) is 5.76 Å². The van der Waals surface area contributed by atoms with Gasteiger partial charge in [-0.3, -0.25) is 5.10 Å². The van der Waals surface area contributed by atoms with Crippen molar-refractivity contribution in [3.63, 3.8) is 0 Å². The lowest BCUT2D eigenvalue weighted by molar-refractivity contribution is 0.508. The quantitative estimate of drug-likeness (QED) is 0.796. The standard InChI is InChI=1S/C16H15N5O3S/c1-16(2,3)13-10(8-17)14(19-18-13)20-21-15-12(22)9-6-4-5-7-11(9)25(15,23)24/h4-7,22H,1-3H3,(H,18,19)/b21-20-. The van der Waals surface area contributed by atoms with Gasteiger partial charge >= 0.3 is 0 Å². The third kappa shape index (κ3) is 2.60. The van der Waals surface area contributed by atoms with Gasteiger partial charge in [-0.1, -0.05) is 32.9 Å². The summed E-state index contributed by atoms with van der Waals surface area (Å²) in [6.45, 7) is 5.66. The molecule has 0 saturated heterocycles. The summed E-state index contributed by atoms with van der Waals surface area (Å²) in [5.74, 6) is -0.424. The second kappa shape index (κ2) is 5.53. The van der Waals surface area contributed by atoms with Gasteiger partial charge in [0.15, 0.2) is 11.6 Å². The summed E-state index contributed by atoms with van der Waals surface area (Å²) < 4.78 is 24.9. The SMILES string of the molecule is CC(C)(C)c1n[nH]c(/N=N\C2=C(O)c3ccccc3S2(=O)=O)c1C#N. The highest BCUT2D eigenvalue weighted by atomic mass is 32.2. The Morgan fingerprint density at radius 2 is 1.92 bits per heavy atom. The molecule has 3 rings (SSSR count). The van der Waals surface area contributed by atoms with Crippen LogP contribution in [0.5, 0.6) is 0 Å². The normalized spacial score (nSPS) is 16.2. The average molecular weight is 357 g/mol. The molecule has 128 valence electrons. The number of nitrogens with one attached hydrogen (secondary N) is 1. The van der Waals surface area contributed by atoms with Gasteiger partial charge in [-0.25, -0.2) is 8.42 Å². The summed E-state index contributed by atoms with van der Waals surface area (Å²) >= 11 is 0. The molecule has 0 atom stereocenters. The van der Waals surface area contributed by atoms with Gasteiger partial charge in [0.2, 0.25) is 14.9 Å². The summed E-state index contributed by atoms with van der Waals surface area (Å²) in [6.07, 6.45) is 0. The zero-order chi connectivity index (χ0) is 18.4. The number of aromatic nitrogens is 2. The first-order valence-corrected chi connectivity index (χ1v) is 8.84. The Morgan fingerprint density at radius 1 is 1.24 bits per heavy atom. The van der Waals surface area contributed by atoms with Crippen molar-refractivity contribution in [2.45, 2.75) is 31.1 Å². The average Bonchev–Trinajstić information content (AvgIpc) is 3.04. The van der Waals surface area contributed by atoms with Crippen LogP contribution in [0.3, 0.4) is 0 Å². The van der Waals surface area contributed by atoms with E-state index in [2.05, 4.69) is 20.4 Å². The lowest BCUT2D eigenvalue weighted by Crippen LogP contribution is -2.13. The van der Waals surface area contributed by atoms with Gasteiger partial charge in [0, 0.05) is 11.0 Å². The van der Waals surface area contributed by atoms with E-state index in [0.29, 0.717) is 5.69 Å². The third-order valence-electron chi connectivity index (χ3n) is 3.70. The molecule has 0 aliphatic carbocycles. The maximum atomic E-state index is 12.5. The van der Waals surface area contributed by atoms with Crippen molar-refractivity contribution < 1.29 is 13.5 Å². The first-order chi connectivity index (χ1) is 11.7. The summed E-state index contributed by atoms with van der Waals surface area (Å²) in [4.78, 5) is -0.0260. The van der Waals surface area contributed by atoms with Gasteiger partial charge in [0.25, 0.3) is 0 Å². The Kier molecular flexibility index (Phi) is 3.73. The fourth-order valence-electron chi connectivity index (χ4n) is 2.49. The maximum absolute atomic E-state index is 12.5. The third-order valence-corrected chi connectivity index (χ3v) is 5.42. The number of nitrogens with zero attached hydrogens (tertiary/aromatic N) is 4. The number of aromatic amines is 1. The number of aliphatic hydroxyl groups is 1. The first kappa shape index (κ1) is 16.9. The van der Waals surface area contributed by atoms with Crippen LogP contribution in [0, 0.1) is 11.3 Å². The molecule has 0 unspecified atom stereocenters. The number of benzene rings is 1. The predicted molar refractivity (Wildman–Crippen MR) is 89.7 cm³/mol. The van der Waals surface area contributed by atoms with Crippen LogP contribution < -0.4 is 0 Å². The van der Waals surface area contributed by atoms with Crippen LogP contribution in [0.4, 0.5) is 5.82 Å². The Bertz CT molecular complexity index is 1070. The van der Waals surface area contributed by atoms with E-state index in [-0.39, 0.29) is 21.8 Å². The molecule has 1 aliphatic rings. The monoisotopic (exact) mass is 357 g/mol. The molecule has 0 fully saturated rings. The van der Waals surface area contributed by atoms with E-state index in [4.69, 9.17) is 0 Å². The molecule has 0 saturated carbocycles. The molecule has 2 heterocycles. The van der Waals surface area contributed by atoms with Crippen LogP contribution in [0.2, 0.25) is 0 Å². The van der Waals surface area contributed by atoms with E-state index in [1.54, 1.807) is 12.1 Å². The Labute approximate surface area is 144 Å². The largest absolute Gasteiger partial charge is 0.504 e. The van der Waals surface area contributed by atoms with E-state index in [1.807, 2.05) is 26.8 Å². The molecule has 0 bridgehead atoms. The highest BCUT2D eigenvalue weighted by Crippen LogP contribution is 2.39. The maximum Gasteiger partial charge on any atom is 0.230 e. The molecule has 2 N–H and O–H groups in total. The molecule has 8 nitrogen and oxygen atoms in total. The van der Waals surface area contributed by atoms with Crippen molar-refractivity contribution in [1.29, 1.82) is 5.26 Å². The van der Waals surface area contributed by atoms with Crippen molar-refractivity contribution >= 4 is 21.4 Å². The minimum atomic E-state index is -3.95. The molecule has 1 aliphatic heterocycles. The molecule has 9 heteroatoms. The van der Waals surface area contributed by atoms with Crippen molar-refractivity contribution in [1.82, 2.24) is 10.2 Å². The molecule has 2 aromatic rings.